The van der Waals surface area contributed by atoms with E-state index in [-0.39, 0.29) is 11.1 Å². The van der Waals surface area contributed by atoms with Crippen molar-refractivity contribution in [1.29, 1.82) is 0 Å². The van der Waals surface area contributed by atoms with Gasteiger partial charge in [0, 0.05) is 6.54 Å². The standard InChI is InChI=1S/C24H24N2O4/c1-2-3-4-13-30-19-8-5-16(6-9-19)14-17-11-12-26-22(17)25-21-15-18(24(28)29)7-10-20(21)23(26)27/h5-10,14-15H,2-4,11-13H2,1H3,(H,28,29). The molecule has 1 aromatic heterocycles. The van der Waals surface area contributed by atoms with E-state index in [9.17, 15) is 14.7 Å². The molecule has 2 heterocycles. The molecule has 1 aliphatic heterocycles. The van der Waals surface area contributed by atoms with Crippen molar-refractivity contribution in [1.82, 2.24) is 9.55 Å². The fraction of sp³-hybridized carbons (Fsp3) is 0.292. The average molecular weight is 404 g/mol. The number of ether oxygens (including phenoxy) is 1. The third kappa shape index (κ3) is 3.99. The summed E-state index contributed by atoms with van der Waals surface area (Å²) in [7, 11) is 0. The molecule has 30 heavy (non-hydrogen) atoms. The van der Waals surface area contributed by atoms with Gasteiger partial charge in [-0.2, -0.15) is 0 Å². The molecular weight excluding hydrogens is 380 g/mol. The molecule has 0 atom stereocenters. The molecular formula is C24H24N2O4. The highest BCUT2D eigenvalue weighted by atomic mass is 16.5. The van der Waals surface area contributed by atoms with Gasteiger partial charge in [-0.05, 0) is 60.4 Å². The molecule has 4 rings (SSSR count). The quantitative estimate of drug-likeness (QED) is 0.582. The lowest BCUT2D eigenvalue weighted by Gasteiger charge is -2.07. The number of aromatic carboxylic acids is 1. The first kappa shape index (κ1) is 19.9. The molecule has 3 aromatic rings. The Morgan fingerprint density at radius 1 is 1.20 bits per heavy atom. The highest BCUT2D eigenvalue weighted by Gasteiger charge is 2.21. The van der Waals surface area contributed by atoms with E-state index >= 15 is 0 Å². The monoisotopic (exact) mass is 404 g/mol. The van der Waals surface area contributed by atoms with Crippen molar-refractivity contribution in [3.8, 4) is 5.75 Å². The molecule has 0 radical (unpaired) electrons. The number of fused-ring (bicyclic) bond motifs is 2. The SMILES string of the molecule is CCCCCOc1ccc(C=C2CCn3c2nc2cc(C(=O)O)ccc2c3=O)cc1. The van der Waals surface area contributed by atoms with Crippen LogP contribution >= 0.6 is 0 Å². The summed E-state index contributed by atoms with van der Waals surface area (Å²) in [5, 5.41) is 9.66. The van der Waals surface area contributed by atoms with Crippen molar-refractivity contribution in [3.63, 3.8) is 0 Å². The van der Waals surface area contributed by atoms with Gasteiger partial charge in [-0.25, -0.2) is 9.78 Å². The van der Waals surface area contributed by atoms with Crippen molar-refractivity contribution in [3.05, 3.63) is 69.8 Å². The summed E-state index contributed by atoms with van der Waals surface area (Å²) in [4.78, 5) is 28.7. The van der Waals surface area contributed by atoms with Crippen LogP contribution in [0.25, 0.3) is 22.6 Å². The summed E-state index contributed by atoms with van der Waals surface area (Å²) in [6, 6.07) is 12.3. The van der Waals surface area contributed by atoms with Gasteiger partial charge in [0.05, 0.1) is 23.1 Å². The Bertz CT molecular complexity index is 1180. The molecule has 0 fully saturated rings. The molecule has 0 spiro atoms. The maximum absolute atomic E-state index is 12.8. The van der Waals surface area contributed by atoms with E-state index in [0.717, 1.165) is 29.9 Å². The molecule has 1 aliphatic rings. The Kier molecular flexibility index (Phi) is 5.65. The second-order valence-corrected chi connectivity index (χ2v) is 7.47. The van der Waals surface area contributed by atoms with E-state index in [1.165, 1.54) is 25.0 Å². The van der Waals surface area contributed by atoms with Gasteiger partial charge in [-0.15, -0.1) is 0 Å². The number of carboxylic acids is 1. The van der Waals surface area contributed by atoms with Gasteiger partial charge in [0.1, 0.15) is 11.6 Å². The van der Waals surface area contributed by atoms with Crippen LogP contribution in [-0.4, -0.2) is 27.2 Å². The first-order chi connectivity index (χ1) is 14.6. The van der Waals surface area contributed by atoms with Crippen LogP contribution in [0.4, 0.5) is 0 Å². The number of unbranched alkanes of at least 4 members (excludes halogenated alkanes) is 2. The molecule has 1 N–H and O–H groups in total. The fourth-order valence-electron chi connectivity index (χ4n) is 3.69. The summed E-state index contributed by atoms with van der Waals surface area (Å²) in [6.07, 6.45) is 6.12. The number of allylic oxidation sites excluding steroid dienone is 1. The lowest BCUT2D eigenvalue weighted by molar-refractivity contribution is 0.0697. The number of nitrogens with zero attached hydrogens (tertiary/aromatic N) is 2. The summed E-state index contributed by atoms with van der Waals surface area (Å²) < 4.78 is 7.42. The normalized spacial score (nSPS) is 14.2. The number of hydrogen-bond acceptors (Lipinski definition) is 4. The summed E-state index contributed by atoms with van der Waals surface area (Å²) in [6.45, 7) is 3.46. The Morgan fingerprint density at radius 2 is 2.00 bits per heavy atom. The Labute approximate surface area is 174 Å². The van der Waals surface area contributed by atoms with Gasteiger partial charge in [-0.1, -0.05) is 31.9 Å². The first-order valence-electron chi connectivity index (χ1n) is 10.3. The predicted octanol–water partition coefficient (Wildman–Crippen LogP) is 4.61. The third-order valence-electron chi connectivity index (χ3n) is 5.33. The maximum Gasteiger partial charge on any atom is 0.335 e. The number of carboxylic acid groups (broad SMARTS) is 1. The van der Waals surface area contributed by atoms with E-state index in [1.807, 2.05) is 30.3 Å². The number of aromatic nitrogens is 2. The van der Waals surface area contributed by atoms with E-state index < -0.39 is 5.97 Å². The van der Waals surface area contributed by atoms with Crippen molar-refractivity contribution >= 4 is 28.5 Å². The van der Waals surface area contributed by atoms with Crippen LogP contribution in [0.2, 0.25) is 0 Å². The first-order valence-corrected chi connectivity index (χ1v) is 10.3. The molecule has 2 aromatic carbocycles. The number of carbonyl (C=O) groups is 1. The number of hydrogen-bond donors (Lipinski definition) is 1. The summed E-state index contributed by atoms with van der Waals surface area (Å²) in [5.41, 5.74) is 2.37. The van der Waals surface area contributed by atoms with Crippen LogP contribution < -0.4 is 10.3 Å². The van der Waals surface area contributed by atoms with Crippen LogP contribution in [-0.2, 0) is 6.54 Å². The molecule has 0 bridgehead atoms. The predicted molar refractivity (Wildman–Crippen MR) is 117 cm³/mol. The highest BCUT2D eigenvalue weighted by molar-refractivity contribution is 5.93. The Balaban J connectivity index is 1.62. The topological polar surface area (TPSA) is 81.4 Å². The van der Waals surface area contributed by atoms with Crippen molar-refractivity contribution < 1.29 is 14.6 Å². The van der Waals surface area contributed by atoms with E-state index in [1.54, 1.807) is 10.6 Å². The minimum absolute atomic E-state index is 0.123. The van der Waals surface area contributed by atoms with Gasteiger partial charge >= 0.3 is 5.97 Å². The van der Waals surface area contributed by atoms with Crippen LogP contribution in [0.3, 0.4) is 0 Å². The van der Waals surface area contributed by atoms with Crippen molar-refractivity contribution in [2.75, 3.05) is 6.61 Å². The summed E-state index contributed by atoms with van der Waals surface area (Å²) >= 11 is 0. The maximum atomic E-state index is 12.8. The van der Waals surface area contributed by atoms with E-state index in [0.29, 0.717) is 29.7 Å². The molecule has 0 saturated carbocycles. The third-order valence-corrected chi connectivity index (χ3v) is 5.33. The number of rotatable bonds is 7. The summed E-state index contributed by atoms with van der Waals surface area (Å²) in [5.74, 6) is 0.420. The molecule has 0 amide bonds. The smallest absolute Gasteiger partial charge is 0.335 e. The van der Waals surface area contributed by atoms with E-state index in [2.05, 4.69) is 11.9 Å². The van der Waals surface area contributed by atoms with Crippen molar-refractivity contribution in [2.24, 2.45) is 0 Å². The van der Waals surface area contributed by atoms with Gasteiger partial charge in [0.15, 0.2) is 0 Å². The van der Waals surface area contributed by atoms with Crippen LogP contribution in [0.5, 0.6) is 5.75 Å². The van der Waals surface area contributed by atoms with Gasteiger partial charge in [-0.3, -0.25) is 9.36 Å². The molecule has 0 aliphatic carbocycles. The van der Waals surface area contributed by atoms with Crippen LogP contribution in [0, 0.1) is 0 Å². The van der Waals surface area contributed by atoms with Crippen LogP contribution in [0.1, 0.15) is 54.4 Å². The van der Waals surface area contributed by atoms with Gasteiger partial charge in [0.2, 0.25) is 0 Å². The number of benzene rings is 2. The largest absolute Gasteiger partial charge is 0.494 e. The Hall–Kier alpha value is -3.41. The zero-order valence-corrected chi connectivity index (χ0v) is 16.9. The molecule has 154 valence electrons. The van der Waals surface area contributed by atoms with E-state index in [4.69, 9.17) is 4.74 Å². The molecule has 6 nitrogen and oxygen atoms in total. The minimum atomic E-state index is -1.04. The molecule has 0 saturated heterocycles. The van der Waals surface area contributed by atoms with Crippen LogP contribution in [0.15, 0.2) is 47.3 Å². The fourth-order valence-corrected chi connectivity index (χ4v) is 3.69. The van der Waals surface area contributed by atoms with Gasteiger partial charge < -0.3 is 9.84 Å². The molecule has 6 heteroatoms. The lowest BCUT2D eigenvalue weighted by atomic mass is 10.1. The minimum Gasteiger partial charge on any atom is -0.494 e. The second-order valence-electron chi connectivity index (χ2n) is 7.47. The van der Waals surface area contributed by atoms with Crippen molar-refractivity contribution in [2.45, 2.75) is 39.2 Å². The average Bonchev–Trinajstić information content (AvgIpc) is 3.15. The van der Waals surface area contributed by atoms with Gasteiger partial charge in [0.25, 0.3) is 5.56 Å². The zero-order chi connectivity index (χ0) is 21.1. The Morgan fingerprint density at radius 3 is 2.73 bits per heavy atom. The highest BCUT2D eigenvalue weighted by Crippen LogP contribution is 2.28. The lowest BCUT2D eigenvalue weighted by Crippen LogP contribution is -2.20. The molecule has 0 unspecified atom stereocenters. The zero-order valence-electron chi connectivity index (χ0n) is 16.9. The second kappa shape index (κ2) is 8.53.